The van der Waals surface area contributed by atoms with Crippen LogP contribution in [0.1, 0.15) is 27.7 Å². The molecule has 1 amide bonds. The summed E-state index contributed by atoms with van der Waals surface area (Å²) in [6.07, 6.45) is -5.46. The molecular formula is C14H21NO9. The van der Waals surface area contributed by atoms with E-state index in [0.29, 0.717) is 0 Å². The van der Waals surface area contributed by atoms with Crippen molar-refractivity contribution >= 4 is 24.0 Å². The van der Waals surface area contributed by atoms with Crippen LogP contribution < -0.4 is 5.73 Å². The number of rotatable bonds is 5. The fourth-order valence-corrected chi connectivity index (χ4v) is 2.31. The minimum absolute atomic E-state index is 0.167. The van der Waals surface area contributed by atoms with Crippen LogP contribution in [0.5, 0.6) is 0 Å². The summed E-state index contributed by atoms with van der Waals surface area (Å²) in [5, 5.41) is 0. The normalized spacial score (nSPS) is 29.2. The van der Waals surface area contributed by atoms with Crippen LogP contribution in [0.4, 0.5) is 4.79 Å². The van der Waals surface area contributed by atoms with E-state index in [2.05, 4.69) is 0 Å². The summed E-state index contributed by atoms with van der Waals surface area (Å²) in [6, 6.07) is 0. The highest BCUT2D eigenvalue weighted by atomic mass is 16.7. The largest absolute Gasteiger partial charge is 0.463 e. The molecule has 2 N–H and O–H groups in total. The molecule has 0 aliphatic carbocycles. The third kappa shape index (κ3) is 5.69. The number of amides is 1. The Bertz CT molecular complexity index is 506. The molecule has 10 heteroatoms. The average molecular weight is 347 g/mol. The number of hydrogen-bond donors (Lipinski definition) is 1. The first-order chi connectivity index (χ1) is 11.1. The highest BCUT2D eigenvalue weighted by molar-refractivity contribution is 5.68. The van der Waals surface area contributed by atoms with Crippen molar-refractivity contribution in [2.75, 3.05) is 6.61 Å². The third-order valence-electron chi connectivity index (χ3n) is 3.29. The predicted octanol–water partition coefficient (Wildman–Crippen LogP) is -0.131. The van der Waals surface area contributed by atoms with Gasteiger partial charge >= 0.3 is 24.0 Å². The predicted molar refractivity (Wildman–Crippen MR) is 76.2 cm³/mol. The lowest BCUT2D eigenvalue weighted by Crippen LogP contribution is -2.59. The molecule has 0 spiro atoms. The van der Waals surface area contributed by atoms with Gasteiger partial charge in [-0.25, -0.2) is 4.79 Å². The van der Waals surface area contributed by atoms with Crippen LogP contribution in [-0.4, -0.2) is 55.2 Å². The first kappa shape index (κ1) is 19.7. The minimum atomic E-state index is -1.34. The van der Waals surface area contributed by atoms with Gasteiger partial charge in [-0.3, -0.25) is 14.4 Å². The van der Waals surface area contributed by atoms with Crippen LogP contribution in [0.25, 0.3) is 0 Å². The number of carbonyl (C=O) groups is 4. The number of primary amides is 1. The molecule has 0 saturated carbocycles. The zero-order chi connectivity index (χ0) is 18.4. The Balaban J connectivity index is 3.07. The van der Waals surface area contributed by atoms with Gasteiger partial charge in [-0.15, -0.1) is 0 Å². The first-order valence-corrected chi connectivity index (χ1v) is 7.21. The summed E-state index contributed by atoms with van der Waals surface area (Å²) < 4.78 is 25.5. The lowest BCUT2D eigenvalue weighted by molar-refractivity contribution is -0.282. The maximum absolute atomic E-state index is 11.3. The van der Waals surface area contributed by atoms with Gasteiger partial charge in [0.2, 0.25) is 12.4 Å². The zero-order valence-electron chi connectivity index (χ0n) is 13.8. The number of esters is 3. The Hall–Kier alpha value is -2.36. The van der Waals surface area contributed by atoms with Crippen molar-refractivity contribution in [3.63, 3.8) is 0 Å². The second-order valence-electron chi connectivity index (χ2n) is 5.29. The van der Waals surface area contributed by atoms with E-state index >= 15 is 0 Å². The Morgan fingerprint density at radius 1 is 0.917 bits per heavy atom. The van der Waals surface area contributed by atoms with E-state index < -0.39 is 54.5 Å². The van der Waals surface area contributed by atoms with Gasteiger partial charge in [0, 0.05) is 26.7 Å². The van der Waals surface area contributed by atoms with Gasteiger partial charge < -0.3 is 29.4 Å². The van der Waals surface area contributed by atoms with Gasteiger partial charge in [0.15, 0.2) is 6.10 Å². The quantitative estimate of drug-likeness (QED) is 0.531. The van der Waals surface area contributed by atoms with Crippen LogP contribution >= 0.6 is 0 Å². The second kappa shape index (κ2) is 8.48. The monoisotopic (exact) mass is 347 g/mol. The molecule has 0 unspecified atom stereocenters. The van der Waals surface area contributed by atoms with Crippen LogP contribution in [0, 0.1) is 5.92 Å². The highest BCUT2D eigenvalue weighted by Crippen LogP contribution is 2.31. The van der Waals surface area contributed by atoms with Gasteiger partial charge in [0.25, 0.3) is 0 Å². The summed E-state index contributed by atoms with van der Waals surface area (Å²) in [4.78, 5) is 44.7. The summed E-state index contributed by atoms with van der Waals surface area (Å²) in [5.74, 6) is -2.49. The van der Waals surface area contributed by atoms with Crippen molar-refractivity contribution in [1.29, 1.82) is 0 Å². The van der Waals surface area contributed by atoms with E-state index in [1.165, 1.54) is 6.92 Å². The van der Waals surface area contributed by atoms with E-state index in [9.17, 15) is 19.2 Å². The lowest BCUT2D eigenvalue weighted by Gasteiger charge is -2.43. The molecular weight excluding hydrogens is 326 g/mol. The number of ether oxygens (including phenoxy) is 5. The lowest BCUT2D eigenvalue weighted by atomic mass is 9.90. The molecule has 5 atom stereocenters. The van der Waals surface area contributed by atoms with E-state index in [1.807, 2.05) is 0 Å². The summed E-state index contributed by atoms with van der Waals surface area (Å²) in [6.45, 7) is 4.96. The standard InChI is InChI=1S/C14H21NO9/c1-6-10(5-20-7(2)16)23-13(22-9(4)18)12(21-8(3)17)11(6)24-14(15)19/h6,10-13H,5H2,1-4H3,(H2,15,19)/t6-,10-,11+,12+,13+/m1/s1. The molecule has 1 aliphatic rings. The second-order valence-corrected chi connectivity index (χ2v) is 5.29. The summed E-state index contributed by atoms with van der Waals surface area (Å²) >= 11 is 0. The molecule has 0 bridgehead atoms. The first-order valence-electron chi connectivity index (χ1n) is 7.21. The van der Waals surface area contributed by atoms with E-state index in [0.717, 1.165) is 13.8 Å². The van der Waals surface area contributed by atoms with Gasteiger partial charge in [0.05, 0.1) is 0 Å². The van der Waals surface area contributed by atoms with Crippen LogP contribution in [-0.2, 0) is 38.1 Å². The molecule has 0 aromatic carbocycles. The van der Waals surface area contributed by atoms with Crippen molar-refractivity contribution in [3.8, 4) is 0 Å². The number of nitrogens with two attached hydrogens (primary N) is 1. The smallest absolute Gasteiger partial charge is 0.404 e. The molecule has 1 rings (SSSR count). The van der Waals surface area contributed by atoms with Crippen LogP contribution in [0.2, 0.25) is 0 Å². The zero-order valence-corrected chi connectivity index (χ0v) is 13.8. The Labute approximate surface area is 138 Å². The van der Waals surface area contributed by atoms with Crippen molar-refractivity contribution in [2.24, 2.45) is 11.7 Å². The average Bonchev–Trinajstić information content (AvgIpc) is 2.42. The molecule has 0 aromatic heterocycles. The molecule has 1 aliphatic heterocycles. The molecule has 1 fully saturated rings. The molecule has 136 valence electrons. The van der Waals surface area contributed by atoms with Gasteiger partial charge in [-0.2, -0.15) is 0 Å². The fraction of sp³-hybridized carbons (Fsp3) is 0.714. The molecule has 0 radical (unpaired) electrons. The molecule has 10 nitrogen and oxygen atoms in total. The number of carbonyl (C=O) groups excluding carboxylic acids is 4. The molecule has 1 saturated heterocycles. The summed E-state index contributed by atoms with van der Waals surface area (Å²) in [7, 11) is 0. The molecule has 0 aromatic rings. The van der Waals surface area contributed by atoms with Crippen molar-refractivity contribution in [2.45, 2.75) is 52.3 Å². The Morgan fingerprint density at radius 2 is 1.50 bits per heavy atom. The fourth-order valence-electron chi connectivity index (χ4n) is 2.31. The molecule has 24 heavy (non-hydrogen) atoms. The van der Waals surface area contributed by atoms with Crippen LogP contribution in [0.3, 0.4) is 0 Å². The van der Waals surface area contributed by atoms with Crippen molar-refractivity contribution in [1.82, 2.24) is 0 Å². The van der Waals surface area contributed by atoms with E-state index in [4.69, 9.17) is 29.4 Å². The Kier molecular flexibility index (Phi) is 6.96. The van der Waals surface area contributed by atoms with E-state index in [-0.39, 0.29) is 6.61 Å². The van der Waals surface area contributed by atoms with E-state index in [1.54, 1.807) is 6.92 Å². The maximum Gasteiger partial charge on any atom is 0.404 e. The third-order valence-corrected chi connectivity index (χ3v) is 3.29. The number of hydrogen-bond acceptors (Lipinski definition) is 9. The highest BCUT2D eigenvalue weighted by Gasteiger charge is 2.49. The van der Waals surface area contributed by atoms with Gasteiger partial charge in [-0.05, 0) is 0 Å². The van der Waals surface area contributed by atoms with Crippen molar-refractivity contribution in [3.05, 3.63) is 0 Å². The van der Waals surface area contributed by atoms with Crippen LogP contribution in [0.15, 0.2) is 0 Å². The molecule has 1 heterocycles. The topological polar surface area (TPSA) is 140 Å². The Morgan fingerprint density at radius 3 is 1.96 bits per heavy atom. The van der Waals surface area contributed by atoms with Gasteiger partial charge in [-0.1, -0.05) is 6.92 Å². The van der Waals surface area contributed by atoms with Gasteiger partial charge in [0.1, 0.15) is 12.7 Å². The van der Waals surface area contributed by atoms with Crippen molar-refractivity contribution < 1.29 is 42.9 Å². The summed E-state index contributed by atoms with van der Waals surface area (Å²) in [5.41, 5.74) is 5.06. The maximum atomic E-state index is 11.3. The SMILES string of the molecule is CC(=O)OC[C@H]1O[C@H](OC(C)=O)[C@@H](OC(C)=O)[C@@H](OC(N)=O)[C@@H]1C. The minimum Gasteiger partial charge on any atom is -0.463 e.